The maximum Gasteiger partial charge on any atom is 0.107 e. The molecule has 2 rings (SSSR count). The molecule has 0 aliphatic carbocycles. The number of hydrogen-bond acceptors (Lipinski definition) is 3. The number of hydrogen-bond donors (Lipinski definition) is 0. The van der Waals surface area contributed by atoms with Crippen LogP contribution < -0.4 is 0 Å². The summed E-state index contributed by atoms with van der Waals surface area (Å²) >= 11 is 0. The lowest BCUT2D eigenvalue weighted by Crippen LogP contribution is -2.20. The van der Waals surface area contributed by atoms with Gasteiger partial charge in [0.05, 0.1) is 0 Å². The Balaban J connectivity index is 2.53. The second-order valence-corrected chi connectivity index (χ2v) is 3.70. The van der Waals surface area contributed by atoms with E-state index in [9.17, 15) is 0 Å². The van der Waals surface area contributed by atoms with Gasteiger partial charge in [-0.1, -0.05) is 0 Å². The highest BCUT2D eigenvalue weighted by Crippen LogP contribution is 2.31. The molecule has 0 aliphatic heterocycles. The first-order chi connectivity index (χ1) is 7.77. The van der Waals surface area contributed by atoms with Crippen molar-refractivity contribution in [2.24, 2.45) is 4.99 Å². The fourth-order valence-corrected chi connectivity index (χ4v) is 1.70. The first kappa shape index (κ1) is 10.5. The summed E-state index contributed by atoms with van der Waals surface area (Å²) in [5.41, 5.74) is 1.71. The van der Waals surface area contributed by atoms with Gasteiger partial charge in [-0.15, -0.1) is 0 Å². The van der Waals surface area contributed by atoms with Crippen LogP contribution in [0.3, 0.4) is 0 Å². The summed E-state index contributed by atoms with van der Waals surface area (Å²) in [6.45, 7) is 5.73. The topological polar surface area (TPSA) is 38.1 Å². The molecule has 0 bridgehead atoms. The zero-order chi connectivity index (χ0) is 11.4. The molecule has 3 heteroatoms. The van der Waals surface area contributed by atoms with Crippen LogP contribution in [-0.2, 0) is 5.54 Å². The molecular formula is C13H13N3. The third-order valence-electron chi connectivity index (χ3n) is 2.80. The highest BCUT2D eigenvalue weighted by atomic mass is 14.8. The third-order valence-corrected chi connectivity index (χ3v) is 2.80. The molecule has 0 N–H and O–H groups in total. The lowest BCUT2D eigenvalue weighted by Gasteiger charge is -2.25. The summed E-state index contributed by atoms with van der Waals surface area (Å²) in [7, 11) is 0. The van der Waals surface area contributed by atoms with Gasteiger partial charge in [-0.2, -0.15) is 0 Å². The van der Waals surface area contributed by atoms with E-state index >= 15 is 0 Å². The molecule has 2 heterocycles. The maximum atomic E-state index is 4.25. The molecule has 2 aromatic heterocycles. The molecule has 0 aliphatic rings. The van der Waals surface area contributed by atoms with Crippen LogP contribution in [0.1, 0.15) is 18.1 Å². The summed E-state index contributed by atoms with van der Waals surface area (Å²) < 4.78 is 0. The van der Waals surface area contributed by atoms with E-state index in [-0.39, 0.29) is 0 Å². The Labute approximate surface area is 94.9 Å². The Morgan fingerprint density at radius 1 is 0.938 bits per heavy atom. The first-order valence-electron chi connectivity index (χ1n) is 5.06. The average Bonchev–Trinajstić information content (AvgIpc) is 2.40. The van der Waals surface area contributed by atoms with Gasteiger partial charge < -0.3 is 0 Å². The predicted molar refractivity (Wildman–Crippen MR) is 64.5 cm³/mol. The molecule has 0 spiro atoms. The Morgan fingerprint density at radius 3 is 1.62 bits per heavy atom. The van der Waals surface area contributed by atoms with Crippen LogP contribution in [0.4, 0.5) is 0 Å². The van der Waals surface area contributed by atoms with Gasteiger partial charge in [-0.25, -0.2) is 0 Å². The van der Waals surface area contributed by atoms with E-state index in [1.807, 2.05) is 31.2 Å². The molecule has 3 nitrogen and oxygen atoms in total. The maximum absolute atomic E-state index is 4.25. The van der Waals surface area contributed by atoms with E-state index in [0.717, 1.165) is 11.1 Å². The molecule has 0 aromatic carbocycles. The minimum absolute atomic E-state index is 0.439. The first-order valence-corrected chi connectivity index (χ1v) is 5.06. The zero-order valence-corrected chi connectivity index (χ0v) is 9.17. The molecule has 0 atom stereocenters. The van der Waals surface area contributed by atoms with Gasteiger partial charge in [0.25, 0.3) is 0 Å². The summed E-state index contributed by atoms with van der Waals surface area (Å²) in [6, 6.07) is 7.81. The van der Waals surface area contributed by atoms with E-state index in [2.05, 4.69) is 21.7 Å². The highest BCUT2D eigenvalue weighted by molar-refractivity contribution is 5.40. The van der Waals surface area contributed by atoms with Crippen molar-refractivity contribution in [1.82, 2.24) is 9.97 Å². The van der Waals surface area contributed by atoms with Gasteiger partial charge in [0.15, 0.2) is 0 Å². The number of pyridine rings is 2. The standard InChI is InChI=1S/C13H13N3/c1-13(14-2,11-3-7-15-8-4-11)12-5-9-16-10-6-12/h3-10H,2H2,1H3. The Morgan fingerprint density at radius 2 is 1.31 bits per heavy atom. The van der Waals surface area contributed by atoms with Crippen molar-refractivity contribution in [1.29, 1.82) is 0 Å². The average molecular weight is 211 g/mol. The number of aromatic nitrogens is 2. The normalized spacial score (nSPS) is 11.1. The van der Waals surface area contributed by atoms with Crippen molar-refractivity contribution < 1.29 is 0 Å². The fourth-order valence-electron chi connectivity index (χ4n) is 1.70. The fraction of sp³-hybridized carbons (Fsp3) is 0.154. The molecule has 16 heavy (non-hydrogen) atoms. The molecule has 0 fully saturated rings. The Hall–Kier alpha value is -2.03. The summed E-state index contributed by atoms with van der Waals surface area (Å²) in [4.78, 5) is 12.3. The van der Waals surface area contributed by atoms with Crippen LogP contribution in [0, 0.1) is 0 Å². The van der Waals surface area contributed by atoms with Crippen LogP contribution in [0.25, 0.3) is 0 Å². The van der Waals surface area contributed by atoms with Crippen LogP contribution >= 0.6 is 0 Å². The van der Waals surface area contributed by atoms with Crippen molar-refractivity contribution in [3.8, 4) is 0 Å². The van der Waals surface area contributed by atoms with Gasteiger partial charge in [-0.3, -0.25) is 15.0 Å². The third kappa shape index (κ3) is 1.72. The van der Waals surface area contributed by atoms with Gasteiger partial charge in [-0.05, 0) is 49.0 Å². The zero-order valence-electron chi connectivity index (χ0n) is 9.17. The van der Waals surface area contributed by atoms with Gasteiger partial charge in [0, 0.05) is 24.8 Å². The SMILES string of the molecule is C=NC(C)(c1ccncc1)c1ccncc1. The minimum Gasteiger partial charge on any atom is -0.285 e. The van der Waals surface area contributed by atoms with Crippen molar-refractivity contribution in [3.63, 3.8) is 0 Å². The second kappa shape index (κ2) is 4.23. The number of rotatable bonds is 3. The summed E-state index contributed by atoms with van der Waals surface area (Å²) in [5, 5.41) is 0. The van der Waals surface area contributed by atoms with E-state index < -0.39 is 5.54 Å². The largest absolute Gasteiger partial charge is 0.285 e. The van der Waals surface area contributed by atoms with E-state index in [0.29, 0.717) is 0 Å². The lowest BCUT2D eigenvalue weighted by atomic mass is 9.86. The lowest BCUT2D eigenvalue weighted by molar-refractivity contribution is 0.610. The predicted octanol–water partition coefficient (Wildman–Crippen LogP) is 2.44. The molecule has 80 valence electrons. The Bertz CT molecular complexity index is 426. The van der Waals surface area contributed by atoms with Crippen LogP contribution in [0.2, 0.25) is 0 Å². The van der Waals surface area contributed by atoms with Crippen molar-refractivity contribution in [3.05, 3.63) is 60.2 Å². The second-order valence-electron chi connectivity index (χ2n) is 3.70. The van der Waals surface area contributed by atoms with Crippen molar-refractivity contribution in [2.45, 2.75) is 12.5 Å². The van der Waals surface area contributed by atoms with Crippen LogP contribution in [0.15, 0.2) is 54.0 Å². The molecule has 0 saturated carbocycles. The van der Waals surface area contributed by atoms with E-state index in [4.69, 9.17) is 0 Å². The summed E-state index contributed by atoms with van der Waals surface area (Å²) in [6.07, 6.45) is 7.06. The molecule has 0 saturated heterocycles. The van der Waals surface area contributed by atoms with Crippen LogP contribution in [0.5, 0.6) is 0 Å². The van der Waals surface area contributed by atoms with E-state index in [1.165, 1.54) is 0 Å². The van der Waals surface area contributed by atoms with Gasteiger partial charge in [0.1, 0.15) is 5.54 Å². The Kier molecular flexibility index (Phi) is 2.77. The quantitative estimate of drug-likeness (QED) is 0.731. The minimum atomic E-state index is -0.439. The van der Waals surface area contributed by atoms with Gasteiger partial charge >= 0.3 is 0 Å². The van der Waals surface area contributed by atoms with Gasteiger partial charge in [0.2, 0.25) is 0 Å². The number of aliphatic imine (C=N–C) groups is 1. The summed E-state index contributed by atoms with van der Waals surface area (Å²) in [5.74, 6) is 0. The molecular weight excluding hydrogens is 198 g/mol. The van der Waals surface area contributed by atoms with Crippen molar-refractivity contribution in [2.75, 3.05) is 0 Å². The monoisotopic (exact) mass is 211 g/mol. The molecule has 0 radical (unpaired) electrons. The molecule has 2 aromatic rings. The molecule has 0 unspecified atom stereocenters. The smallest absolute Gasteiger partial charge is 0.107 e. The van der Waals surface area contributed by atoms with E-state index in [1.54, 1.807) is 24.8 Å². The number of nitrogens with zero attached hydrogens (tertiary/aromatic N) is 3. The molecule has 0 amide bonds. The van der Waals surface area contributed by atoms with Crippen molar-refractivity contribution >= 4 is 6.72 Å². The van der Waals surface area contributed by atoms with Crippen LogP contribution in [-0.4, -0.2) is 16.7 Å². The highest BCUT2D eigenvalue weighted by Gasteiger charge is 2.26.